The normalized spacial score (nSPS) is 20.3. The standard InChI is InChI=1S/C22H30N2O3/c1-27-21(26)12-11-20(25)23-19-10-8-9-18(17-19)22(13-4-2-5-14-22)24-15-6-3-7-16-24/h8-12,17H,2-7,13-16H2,1H3,(H,23,25)/b12-11+. The summed E-state index contributed by atoms with van der Waals surface area (Å²) in [5, 5.41) is 2.87. The van der Waals surface area contributed by atoms with Crippen LogP contribution in [0.2, 0.25) is 0 Å². The predicted octanol–water partition coefficient (Wildman–Crippen LogP) is 4.00. The number of piperidine rings is 1. The van der Waals surface area contributed by atoms with E-state index in [4.69, 9.17) is 0 Å². The number of benzene rings is 1. The Morgan fingerprint density at radius 3 is 2.44 bits per heavy atom. The second-order valence-corrected chi connectivity index (χ2v) is 7.57. The van der Waals surface area contributed by atoms with Crippen molar-refractivity contribution in [2.24, 2.45) is 0 Å². The molecule has 1 amide bonds. The van der Waals surface area contributed by atoms with Crippen LogP contribution in [-0.2, 0) is 19.9 Å². The minimum atomic E-state index is -0.537. The lowest BCUT2D eigenvalue weighted by atomic mass is 9.74. The second kappa shape index (κ2) is 9.18. The van der Waals surface area contributed by atoms with Gasteiger partial charge in [-0.05, 0) is 56.5 Å². The summed E-state index contributed by atoms with van der Waals surface area (Å²) in [7, 11) is 1.29. The van der Waals surface area contributed by atoms with Gasteiger partial charge in [0, 0.05) is 23.4 Å². The molecule has 5 heteroatoms. The zero-order valence-corrected chi connectivity index (χ0v) is 16.2. The molecule has 0 aromatic heterocycles. The highest BCUT2D eigenvalue weighted by Gasteiger charge is 2.39. The minimum Gasteiger partial charge on any atom is -0.466 e. The van der Waals surface area contributed by atoms with Gasteiger partial charge in [0.05, 0.1) is 7.11 Å². The summed E-state index contributed by atoms with van der Waals surface area (Å²) in [4.78, 5) is 25.9. The maximum atomic E-state index is 12.1. The van der Waals surface area contributed by atoms with Crippen molar-refractivity contribution in [1.29, 1.82) is 0 Å². The van der Waals surface area contributed by atoms with Crippen LogP contribution in [0.3, 0.4) is 0 Å². The maximum absolute atomic E-state index is 12.1. The third kappa shape index (κ3) is 4.78. The Morgan fingerprint density at radius 1 is 1.04 bits per heavy atom. The number of nitrogens with zero attached hydrogens (tertiary/aromatic N) is 1. The van der Waals surface area contributed by atoms with E-state index in [2.05, 4.69) is 27.1 Å². The summed E-state index contributed by atoms with van der Waals surface area (Å²) in [6.45, 7) is 2.33. The number of esters is 1. The fraction of sp³-hybridized carbons (Fsp3) is 0.545. The van der Waals surface area contributed by atoms with Gasteiger partial charge in [-0.1, -0.05) is 37.8 Å². The number of methoxy groups -OCH3 is 1. The molecule has 1 heterocycles. The van der Waals surface area contributed by atoms with Gasteiger partial charge < -0.3 is 10.1 Å². The summed E-state index contributed by atoms with van der Waals surface area (Å²) >= 11 is 0. The van der Waals surface area contributed by atoms with E-state index in [9.17, 15) is 9.59 Å². The second-order valence-electron chi connectivity index (χ2n) is 7.57. The van der Waals surface area contributed by atoms with Crippen molar-refractivity contribution in [3.05, 3.63) is 42.0 Å². The van der Waals surface area contributed by atoms with Gasteiger partial charge in [-0.3, -0.25) is 9.69 Å². The van der Waals surface area contributed by atoms with Crippen LogP contribution in [-0.4, -0.2) is 37.0 Å². The van der Waals surface area contributed by atoms with E-state index >= 15 is 0 Å². The van der Waals surface area contributed by atoms with E-state index in [0.717, 1.165) is 11.8 Å². The van der Waals surface area contributed by atoms with Crippen LogP contribution in [0, 0.1) is 0 Å². The van der Waals surface area contributed by atoms with Gasteiger partial charge in [0.15, 0.2) is 0 Å². The highest BCUT2D eigenvalue weighted by molar-refractivity contribution is 6.02. The average molecular weight is 370 g/mol. The Morgan fingerprint density at radius 2 is 1.74 bits per heavy atom. The molecule has 1 saturated heterocycles. The van der Waals surface area contributed by atoms with Crippen molar-refractivity contribution < 1.29 is 14.3 Å². The molecule has 2 fully saturated rings. The molecule has 1 saturated carbocycles. The Labute approximate surface area is 161 Å². The highest BCUT2D eigenvalue weighted by atomic mass is 16.5. The van der Waals surface area contributed by atoms with Crippen molar-refractivity contribution in [3.8, 4) is 0 Å². The Hall–Kier alpha value is -2.14. The van der Waals surface area contributed by atoms with E-state index in [0.29, 0.717) is 0 Å². The molecule has 0 unspecified atom stereocenters. The van der Waals surface area contributed by atoms with Crippen LogP contribution < -0.4 is 5.32 Å². The first kappa shape index (κ1) is 19.6. The van der Waals surface area contributed by atoms with Crippen molar-refractivity contribution in [2.75, 3.05) is 25.5 Å². The molecular formula is C22H30N2O3. The Kier molecular flexibility index (Phi) is 6.67. The minimum absolute atomic E-state index is 0.0985. The van der Waals surface area contributed by atoms with Crippen molar-refractivity contribution >= 4 is 17.6 Å². The number of amides is 1. The van der Waals surface area contributed by atoms with Crippen LogP contribution in [0.4, 0.5) is 5.69 Å². The van der Waals surface area contributed by atoms with E-state index in [1.54, 1.807) is 0 Å². The lowest BCUT2D eigenvalue weighted by molar-refractivity contribution is -0.135. The van der Waals surface area contributed by atoms with Crippen LogP contribution in [0.15, 0.2) is 36.4 Å². The molecule has 27 heavy (non-hydrogen) atoms. The zero-order chi connectivity index (χ0) is 19.1. The summed E-state index contributed by atoms with van der Waals surface area (Å²) in [6.07, 6.45) is 12.4. The van der Waals surface area contributed by atoms with Crippen molar-refractivity contribution in [1.82, 2.24) is 4.90 Å². The topological polar surface area (TPSA) is 58.6 Å². The smallest absolute Gasteiger partial charge is 0.330 e. The van der Waals surface area contributed by atoms with Gasteiger partial charge in [0.25, 0.3) is 0 Å². The van der Waals surface area contributed by atoms with Gasteiger partial charge in [0.1, 0.15) is 0 Å². The number of rotatable bonds is 5. The predicted molar refractivity (Wildman–Crippen MR) is 106 cm³/mol. The van der Waals surface area contributed by atoms with E-state index < -0.39 is 5.97 Å². The highest BCUT2D eigenvalue weighted by Crippen LogP contribution is 2.44. The lowest BCUT2D eigenvalue weighted by Gasteiger charge is -2.49. The first-order chi connectivity index (χ1) is 13.1. The molecule has 1 aromatic carbocycles. The average Bonchev–Trinajstić information content (AvgIpc) is 2.73. The van der Waals surface area contributed by atoms with E-state index in [1.807, 2.05) is 12.1 Å². The molecular weight excluding hydrogens is 340 g/mol. The molecule has 1 aliphatic heterocycles. The van der Waals surface area contributed by atoms with Crippen LogP contribution >= 0.6 is 0 Å². The molecule has 3 rings (SSSR count). The van der Waals surface area contributed by atoms with Crippen LogP contribution in [0.1, 0.15) is 56.9 Å². The molecule has 1 aromatic rings. The summed E-state index contributed by atoms with van der Waals surface area (Å²) in [6, 6.07) is 8.25. The van der Waals surface area contributed by atoms with Gasteiger partial charge >= 0.3 is 5.97 Å². The Bertz CT molecular complexity index is 687. The largest absolute Gasteiger partial charge is 0.466 e. The number of likely N-dealkylation sites (tertiary alicyclic amines) is 1. The number of hydrogen-bond donors (Lipinski definition) is 1. The molecule has 5 nitrogen and oxygen atoms in total. The Balaban J connectivity index is 1.80. The van der Waals surface area contributed by atoms with Gasteiger partial charge in [-0.25, -0.2) is 4.79 Å². The summed E-state index contributed by atoms with van der Waals surface area (Å²) < 4.78 is 4.52. The first-order valence-electron chi connectivity index (χ1n) is 10.1. The molecule has 146 valence electrons. The fourth-order valence-corrected chi connectivity index (χ4v) is 4.53. The zero-order valence-electron chi connectivity index (χ0n) is 16.2. The monoisotopic (exact) mass is 370 g/mol. The number of ether oxygens (including phenoxy) is 1. The van der Waals surface area contributed by atoms with Gasteiger partial charge in [0.2, 0.25) is 5.91 Å². The molecule has 1 N–H and O–H groups in total. The quantitative estimate of drug-likeness (QED) is 0.629. The van der Waals surface area contributed by atoms with Crippen LogP contribution in [0.5, 0.6) is 0 Å². The lowest BCUT2D eigenvalue weighted by Crippen LogP contribution is -2.49. The summed E-state index contributed by atoms with van der Waals surface area (Å²) in [5.74, 6) is -0.863. The number of anilines is 1. The maximum Gasteiger partial charge on any atom is 0.330 e. The SMILES string of the molecule is COC(=O)/C=C/C(=O)Nc1cccc(C2(N3CCCCC3)CCCCC2)c1. The van der Waals surface area contributed by atoms with Gasteiger partial charge in [-0.15, -0.1) is 0 Å². The molecule has 0 bridgehead atoms. The number of carbonyl (C=O) groups excluding carboxylic acids is 2. The number of carbonyl (C=O) groups is 2. The third-order valence-corrected chi connectivity index (χ3v) is 5.88. The molecule has 1 aliphatic carbocycles. The molecule has 0 radical (unpaired) electrons. The third-order valence-electron chi connectivity index (χ3n) is 5.88. The van der Waals surface area contributed by atoms with Crippen molar-refractivity contribution in [2.45, 2.75) is 56.9 Å². The van der Waals surface area contributed by atoms with E-state index in [1.165, 1.54) is 83.2 Å². The molecule has 0 spiro atoms. The number of hydrogen-bond acceptors (Lipinski definition) is 4. The fourth-order valence-electron chi connectivity index (χ4n) is 4.53. The van der Waals surface area contributed by atoms with Crippen LogP contribution in [0.25, 0.3) is 0 Å². The molecule has 2 aliphatic rings. The van der Waals surface area contributed by atoms with Gasteiger partial charge in [-0.2, -0.15) is 0 Å². The van der Waals surface area contributed by atoms with E-state index in [-0.39, 0.29) is 11.4 Å². The molecule has 0 atom stereocenters. The number of nitrogens with one attached hydrogen (secondary N) is 1. The summed E-state index contributed by atoms with van der Waals surface area (Å²) in [5.41, 5.74) is 2.18. The first-order valence-corrected chi connectivity index (χ1v) is 10.1. The van der Waals surface area contributed by atoms with Crippen molar-refractivity contribution in [3.63, 3.8) is 0 Å².